The average molecular weight is 371 g/mol. The first-order chi connectivity index (χ1) is 11.5. The number of aryl methyl sites for hydroxylation is 1. The second-order valence-corrected chi connectivity index (χ2v) is 7.57. The van der Waals surface area contributed by atoms with Gasteiger partial charge >= 0.3 is 7.12 Å². The van der Waals surface area contributed by atoms with Gasteiger partial charge in [-0.05, 0) is 45.6 Å². The fourth-order valence-corrected chi connectivity index (χ4v) is 2.67. The van der Waals surface area contributed by atoms with E-state index < -0.39 is 29.3 Å². The molecule has 1 fully saturated rings. The van der Waals surface area contributed by atoms with E-state index in [0.29, 0.717) is 16.7 Å². The lowest BCUT2D eigenvalue weighted by Crippen LogP contribution is -2.41. The minimum atomic E-state index is -0.788. The Kier molecular flexibility index (Phi) is 5.68. The number of anilines is 1. The normalized spacial score (nSPS) is 19.7. The molecular formula is C16H24BClN2O5. The Bertz CT molecular complexity index is 652. The third-order valence-corrected chi connectivity index (χ3v) is 5.11. The molecule has 1 atom stereocenters. The van der Waals surface area contributed by atoms with E-state index in [4.69, 9.17) is 20.9 Å². The number of nitro benzene ring substituents is 1. The Morgan fingerprint density at radius 3 is 2.36 bits per heavy atom. The Balaban J connectivity index is 2.35. The van der Waals surface area contributed by atoms with Crippen LogP contribution in [-0.2, 0) is 9.31 Å². The number of alkyl halides is 1. The van der Waals surface area contributed by atoms with Crippen molar-refractivity contribution in [2.24, 2.45) is 0 Å². The van der Waals surface area contributed by atoms with Crippen LogP contribution in [0.2, 0.25) is 0 Å². The lowest BCUT2D eigenvalue weighted by atomic mass is 9.78. The van der Waals surface area contributed by atoms with Gasteiger partial charge in [-0.1, -0.05) is 6.07 Å². The number of nitrogens with one attached hydrogen (secondary N) is 1. The van der Waals surface area contributed by atoms with Gasteiger partial charge in [0.25, 0.3) is 5.69 Å². The molecule has 1 heterocycles. The zero-order valence-corrected chi connectivity index (χ0v) is 15.9. The van der Waals surface area contributed by atoms with Crippen molar-refractivity contribution in [3.05, 3.63) is 27.8 Å². The number of halogens is 1. The smallest absolute Gasteiger partial charge is 0.399 e. The molecule has 1 aromatic rings. The van der Waals surface area contributed by atoms with Crippen molar-refractivity contribution in [3.63, 3.8) is 0 Å². The van der Waals surface area contributed by atoms with Gasteiger partial charge in [-0.3, -0.25) is 10.1 Å². The first kappa shape index (κ1) is 20.0. The van der Waals surface area contributed by atoms with Crippen LogP contribution >= 0.6 is 11.6 Å². The summed E-state index contributed by atoms with van der Waals surface area (Å²) in [6.45, 7) is 9.60. The number of aliphatic hydroxyl groups excluding tert-OH is 1. The van der Waals surface area contributed by atoms with Gasteiger partial charge in [0.2, 0.25) is 0 Å². The Hall–Kier alpha value is -1.35. The van der Waals surface area contributed by atoms with Gasteiger partial charge < -0.3 is 19.7 Å². The third kappa shape index (κ3) is 4.08. The van der Waals surface area contributed by atoms with Crippen LogP contribution in [0, 0.1) is 17.0 Å². The maximum Gasteiger partial charge on any atom is 0.495 e. The number of nitrogens with zero attached hydrogens (tertiary/aromatic N) is 1. The van der Waals surface area contributed by atoms with Crippen molar-refractivity contribution in [1.29, 1.82) is 0 Å². The highest BCUT2D eigenvalue weighted by Gasteiger charge is 2.52. The topological polar surface area (TPSA) is 93.9 Å². The van der Waals surface area contributed by atoms with Crippen LogP contribution in [-0.4, -0.2) is 46.9 Å². The molecule has 0 spiro atoms. The minimum Gasteiger partial charge on any atom is -0.399 e. The average Bonchev–Trinajstić information content (AvgIpc) is 2.73. The van der Waals surface area contributed by atoms with Crippen molar-refractivity contribution in [1.82, 2.24) is 0 Å². The fourth-order valence-electron chi connectivity index (χ4n) is 2.56. The van der Waals surface area contributed by atoms with Crippen LogP contribution in [0.4, 0.5) is 11.4 Å². The summed E-state index contributed by atoms with van der Waals surface area (Å²) in [6.07, 6.45) is -0.788. The predicted octanol–water partition coefficient (Wildman–Crippen LogP) is 2.21. The highest BCUT2D eigenvalue weighted by molar-refractivity contribution is 6.62. The number of aliphatic hydroxyl groups is 1. The largest absolute Gasteiger partial charge is 0.495 e. The summed E-state index contributed by atoms with van der Waals surface area (Å²) in [7, 11) is -0.676. The summed E-state index contributed by atoms with van der Waals surface area (Å²) in [4.78, 5) is 11.0. The number of hydrogen-bond donors (Lipinski definition) is 2. The third-order valence-electron chi connectivity index (χ3n) is 4.75. The van der Waals surface area contributed by atoms with E-state index in [1.807, 2.05) is 27.7 Å². The van der Waals surface area contributed by atoms with Crippen molar-refractivity contribution in [2.75, 3.05) is 17.7 Å². The SMILES string of the molecule is Cc1cc(B2OC(C)(C)C(C)(C)O2)cc([N+](=O)[O-])c1NCC(O)CCl. The number of hydrogen-bond acceptors (Lipinski definition) is 6. The molecular weight excluding hydrogens is 346 g/mol. The van der Waals surface area contributed by atoms with Gasteiger partial charge in [-0.25, -0.2) is 0 Å². The Morgan fingerprint density at radius 1 is 1.32 bits per heavy atom. The van der Waals surface area contributed by atoms with Gasteiger partial charge in [0.1, 0.15) is 5.69 Å². The molecule has 0 bridgehead atoms. The first-order valence-electron chi connectivity index (χ1n) is 8.11. The molecule has 9 heteroatoms. The van der Waals surface area contributed by atoms with Gasteiger partial charge in [0.15, 0.2) is 0 Å². The summed E-state index contributed by atoms with van der Waals surface area (Å²) < 4.78 is 11.9. The summed E-state index contributed by atoms with van der Waals surface area (Å²) in [6, 6.07) is 3.25. The van der Waals surface area contributed by atoms with Gasteiger partial charge in [0, 0.05) is 12.6 Å². The first-order valence-corrected chi connectivity index (χ1v) is 8.64. The molecule has 1 aliphatic heterocycles. The van der Waals surface area contributed by atoms with Crippen LogP contribution in [0.25, 0.3) is 0 Å². The zero-order chi connectivity index (χ0) is 19.0. The Morgan fingerprint density at radius 2 is 1.88 bits per heavy atom. The van der Waals surface area contributed by atoms with Gasteiger partial charge in [-0.15, -0.1) is 11.6 Å². The van der Waals surface area contributed by atoms with Crippen molar-refractivity contribution < 1.29 is 19.3 Å². The van der Waals surface area contributed by atoms with E-state index in [2.05, 4.69) is 5.32 Å². The molecule has 0 amide bonds. The highest BCUT2D eigenvalue weighted by atomic mass is 35.5. The number of nitro groups is 1. The molecule has 0 aliphatic carbocycles. The molecule has 25 heavy (non-hydrogen) atoms. The maximum atomic E-state index is 11.5. The highest BCUT2D eigenvalue weighted by Crippen LogP contribution is 2.37. The number of rotatable bonds is 6. The Labute approximate surface area is 152 Å². The molecule has 138 valence electrons. The zero-order valence-electron chi connectivity index (χ0n) is 15.1. The molecule has 1 saturated heterocycles. The monoisotopic (exact) mass is 370 g/mol. The van der Waals surface area contributed by atoms with Crippen LogP contribution in [0.1, 0.15) is 33.3 Å². The van der Waals surface area contributed by atoms with E-state index in [9.17, 15) is 15.2 Å². The van der Waals surface area contributed by atoms with Crippen molar-refractivity contribution in [3.8, 4) is 0 Å². The lowest BCUT2D eigenvalue weighted by Gasteiger charge is -2.32. The van der Waals surface area contributed by atoms with E-state index in [-0.39, 0.29) is 18.1 Å². The van der Waals surface area contributed by atoms with Gasteiger partial charge in [-0.2, -0.15) is 0 Å². The van der Waals surface area contributed by atoms with E-state index >= 15 is 0 Å². The predicted molar refractivity (Wildman–Crippen MR) is 98.8 cm³/mol. The van der Waals surface area contributed by atoms with Crippen LogP contribution in [0.5, 0.6) is 0 Å². The van der Waals surface area contributed by atoms with Gasteiger partial charge in [0.05, 0.1) is 28.1 Å². The maximum absolute atomic E-state index is 11.5. The molecule has 0 saturated carbocycles. The summed E-state index contributed by atoms with van der Waals surface area (Å²) >= 11 is 5.57. The van der Waals surface area contributed by atoms with Crippen LogP contribution in [0.15, 0.2) is 12.1 Å². The second-order valence-electron chi connectivity index (χ2n) is 7.27. The lowest BCUT2D eigenvalue weighted by molar-refractivity contribution is -0.383. The quantitative estimate of drug-likeness (QED) is 0.345. The number of benzene rings is 1. The summed E-state index contributed by atoms with van der Waals surface area (Å²) in [5.74, 6) is 0.0475. The van der Waals surface area contributed by atoms with E-state index in [1.165, 1.54) is 6.07 Å². The van der Waals surface area contributed by atoms with Crippen molar-refractivity contribution in [2.45, 2.75) is 51.9 Å². The molecule has 2 rings (SSSR count). The van der Waals surface area contributed by atoms with E-state index in [1.54, 1.807) is 13.0 Å². The van der Waals surface area contributed by atoms with Crippen LogP contribution < -0.4 is 10.8 Å². The molecule has 7 nitrogen and oxygen atoms in total. The van der Waals surface area contributed by atoms with Crippen molar-refractivity contribution >= 4 is 35.6 Å². The molecule has 1 aliphatic rings. The summed E-state index contributed by atoms with van der Waals surface area (Å²) in [5, 5.41) is 24.0. The molecule has 2 N–H and O–H groups in total. The molecule has 1 unspecified atom stereocenters. The standard InChI is InChI=1S/C16H24BClN2O5/c1-10-6-11(17-24-15(2,3)16(4,5)25-17)7-13(20(22)23)14(10)19-9-12(21)8-18/h6-7,12,19,21H,8-9H2,1-5H3. The molecule has 1 aromatic carbocycles. The van der Waals surface area contributed by atoms with Crippen LogP contribution in [0.3, 0.4) is 0 Å². The summed E-state index contributed by atoms with van der Waals surface area (Å²) in [5.41, 5.74) is 0.469. The van der Waals surface area contributed by atoms with E-state index in [0.717, 1.165) is 0 Å². The molecule has 0 aromatic heterocycles. The molecule has 0 radical (unpaired) electrons. The minimum absolute atomic E-state index is 0.0475. The fraction of sp³-hybridized carbons (Fsp3) is 0.625. The second kappa shape index (κ2) is 7.11.